The first-order valence-corrected chi connectivity index (χ1v) is 17.4. The number of para-hydroxylation sites is 2. The summed E-state index contributed by atoms with van der Waals surface area (Å²) >= 11 is 0. The van der Waals surface area contributed by atoms with Gasteiger partial charge in [-0.15, -0.1) is 29.3 Å². The van der Waals surface area contributed by atoms with Crippen LogP contribution in [0.4, 0.5) is 17.2 Å². The third-order valence-electron chi connectivity index (χ3n) is 9.55. The van der Waals surface area contributed by atoms with Gasteiger partial charge in [0.05, 0.1) is 5.69 Å². The van der Waals surface area contributed by atoms with Crippen LogP contribution in [-0.4, -0.2) is 15.1 Å². The molecule has 4 nitrogen and oxygen atoms in total. The molecule has 5 aromatic carbocycles. The normalized spacial score (nSPS) is 11.5. The number of aromatic hydroxyl groups is 1. The van der Waals surface area contributed by atoms with Crippen LogP contribution in [0.5, 0.6) is 5.75 Å². The monoisotopic (exact) mass is 859 g/mol. The van der Waals surface area contributed by atoms with Crippen molar-refractivity contribution in [2.24, 2.45) is 0 Å². The van der Waals surface area contributed by atoms with Crippen LogP contribution in [0.15, 0.2) is 158 Å². The minimum absolute atomic E-state index is 0. The number of anilines is 3. The Balaban J connectivity index is 0.00000464. The SMILES string of the molecule is CC(C)(C)c1cc(-c2cc(-c3cccc(C(C)(C)c4ccccc4)c3)cc(-c3ccccc3O)n2)[c-]c(N(c2ccccc2)c2ccccn2)c1.[Pt]. The van der Waals surface area contributed by atoms with Crippen molar-refractivity contribution in [3.63, 3.8) is 0 Å². The summed E-state index contributed by atoms with van der Waals surface area (Å²) in [5, 5.41) is 11.0. The van der Waals surface area contributed by atoms with E-state index in [9.17, 15) is 5.11 Å². The molecule has 0 saturated heterocycles. The van der Waals surface area contributed by atoms with Gasteiger partial charge in [-0.25, -0.2) is 4.98 Å². The van der Waals surface area contributed by atoms with Crippen LogP contribution >= 0.6 is 0 Å². The molecule has 7 rings (SSSR count). The molecule has 0 radical (unpaired) electrons. The molecule has 0 bridgehead atoms. The molecule has 0 fully saturated rings. The zero-order valence-corrected chi connectivity index (χ0v) is 32.4. The van der Waals surface area contributed by atoms with Crippen LogP contribution in [-0.2, 0) is 31.9 Å². The summed E-state index contributed by atoms with van der Waals surface area (Å²) in [6.45, 7) is 11.2. The third kappa shape index (κ3) is 7.64. The Morgan fingerprint density at radius 1 is 0.577 bits per heavy atom. The van der Waals surface area contributed by atoms with Crippen molar-refractivity contribution in [2.75, 3.05) is 4.90 Å². The van der Waals surface area contributed by atoms with E-state index in [0.717, 1.165) is 45.1 Å². The van der Waals surface area contributed by atoms with Crippen molar-refractivity contribution >= 4 is 17.2 Å². The van der Waals surface area contributed by atoms with E-state index >= 15 is 0 Å². The fourth-order valence-electron chi connectivity index (χ4n) is 6.48. The molecule has 5 heteroatoms. The van der Waals surface area contributed by atoms with E-state index in [1.165, 1.54) is 11.1 Å². The molecule has 262 valence electrons. The van der Waals surface area contributed by atoms with E-state index in [0.29, 0.717) is 11.3 Å². The minimum Gasteiger partial charge on any atom is -0.507 e. The quantitative estimate of drug-likeness (QED) is 0.155. The second-order valence-electron chi connectivity index (χ2n) is 14.5. The van der Waals surface area contributed by atoms with Gasteiger partial charge in [0.2, 0.25) is 0 Å². The zero-order valence-electron chi connectivity index (χ0n) is 30.1. The summed E-state index contributed by atoms with van der Waals surface area (Å²) in [4.78, 5) is 12.1. The third-order valence-corrected chi connectivity index (χ3v) is 9.55. The van der Waals surface area contributed by atoms with Gasteiger partial charge in [0.15, 0.2) is 0 Å². The number of benzene rings is 5. The maximum atomic E-state index is 11.0. The zero-order chi connectivity index (χ0) is 35.6. The van der Waals surface area contributed by atoms with E-state index < -0.39 is 0 Å². The summed E-state index contributed by atoms with van der Waals surface area (Å²) < 4.78 is 0. The molecular weight excluding hydrogens is 818 g/mol. The minimum atomic E-state index is -0.205. The molecular formula is C47H42N3OPt-. The summed E-state index contributed by atoms with van der Waals surface area (Å²) in [6, 6.07) is 55.4. The van der Waals surface area contributed by atoms with E-state index in [1.54, 1.807) is 6.07 Å². The van der Waals surface area contributed by atoms with Crippen LogP contribution < -0.4 is 4.90 Å². The molecule has 2 aromatic heterocycles. The first kappa shape index (κ1) is 36.5. The Labute approximate surface area is 322 Å². The second kappa shape index (κ2) is 15.1. The van der Waals surface area contributed by atoms with E-state index in [1.807, 2.05) is 60.8 Å². The molecule has 0 spiro atoms. The molecule has 0 aliphatic carbocycles. The first-order valence-electron chi connectivity index (χ1n) is 17.4. The van der Waals surface area contributed by atoms with Gasteiger partial charge in [-0.1, -0.05) is 132 Å². The van der Waals surface area contributed by atoms with Crippen molar-refractivity contribution < 1.29 is 26.2 Å². The largest absolute Gasteiger partial charge is 0.507 e. The Hall–Kier alpha value is -5.31. The molecule has 52 heavy (non-hydrogen) atoms. The van der Waals surface area contributed by atoms with Crippen molar-refractivity contribution in [3.8, 4) is 39.4 Å². The number of nitrogens with zero attached hydrogens (tertiary/aromatic N) is 3. The van der Waals surface area contributed by atoms with Gasteiger partial charge in [-0.3, -0.25) is 4.98 Å². The van der Waals surface area contributed by atoms with Gasteiger partial charge in [0.1, 0.15) is 11.6 Å². The van der Waals surface area contributed by atoms with Gasteiger partial charge >= 0.3 is 0 Å². The van der Waals surface area contributed by atoms with Crippen LogP contribution in [0.1, 0.15) is 51.3 Å². The molecule has 1 N–H and O–H groups in total. The summed E-state index contributed by atoms with van der Waals surface area (Å²) in [5.74, 6) is 0.983. The molecule has 0 aliphatic rings. The van der Waals surface area contributed by atoms with Gasteiger partial charge in [0.25, 0.3) is 0 Å². The summed E-state index contributed by atoms with van der Waals surface area (Å²) in [6.07, 6.45) is 1.82. The topological polar surface area (TPSA) is 49.3 Å². The fourth-order valence-corrected chi connectivity index (χ4v) is 6.48. The van der Waals surface area contributed by atoms with Gasteiger partial charge in [-0.2, -0.15) is 0 Å². The van der Waals surface area contributed by atoms with E-state index in [2.05, 4.69) is 137 Å². The predicted molar refractivity (Wildman–Crippen MR) is 211 cm³/mol. The molecule has 2 heterocycles. The van der Waals surface area contributed by atoms with Crippen molar-refractivity contribution in [1.29, 1.82) is 0 Å². The number of rotatable bonds is 8. The van der Waals surface area contributed by atoms with Crippen LogP contribution in [0, 0.1) is 6.07 Å². The first-order chi connectivity index (χ1) is 24.6. The van der Waals surface area contributed by atoms with Crippen molar-refractivity contribution in [3.05, 3.63) is 181 Å². The number of phenols is 1. The Morgan fingerprint density at radius 2 is 1.23 bits per heavy atom. The molecule has 0 amide bonds. The predicted octanol–water partition coefficient (Wildman–Crippen LogP) is 12.1. The second-order valence-corrected chi connectivity index (χ2v) is 14.5. The summed E-state index contributed by atoms with van der Waals surface area (Å²) in [5.41, 5.74) is 10.2. The Kier molecular flexibility index (Phi) is 10.6. The Morgan fingerprint density at radius 3 is 1.92 bits per heavy atom. The van der Waals surface area contributed by atoms with Crippen LogP contribution in [0.25, 0.3) is 33.6 Å². The molecule has 0 saturated carbocycles. The van der Waals surface area contributed by atoms with Crippen LogP contribution in [0.2, 0.25) is 0 Å². The number of hydrogen-bond acceptors (Lipinski definition) is 4. The smallest absolute Gasteiger partial charge is 0.136 e. The van der Waals surface area contributed by atoms with Crippen LogP contribution in [0.3, 0.4) is 0 Å². The van der Waals surface area contributed by atoms with Crippen molar-refractivity contribution in [2.45, 2.75) is 45.4 Å². The molecule has 0 aliphatic heterocycles. The van der Waals surface area contributed by atoms with Gasteiger partial charge < -0.3 is 10.0 Å². The number of phenolic OH excluding ortho intramolecular Hbond substituents is 1. The fraction of sp³-hybridized carbons (Fsp3) is 0.149. The molecule has 7 aromatic rings. The van der Waals surface area contributed by atoms with E-state index in [-0.39, 0.29) is 37.6 Å². The number of aromatic nitrogens is 2. The maximum absolute atomic E-state index is 11.0. The average Bonchev–Trinajstić information content (AvgIpc) is 3.16. The Bertz CT molecular complexity index is 2240. The average molecular weight is 860 g/mol. The molecule has 0 unspecified atom stereocenters. The maximum Gasteiger partial charge on any atom is 0.136 e. The standard InChI is InChI=1S/C47H42N3O.Pt/c1-46(2,3)38-28-35(29-40(32-38)50(39-21-10-7-11-22-39)45-25-14-15-26-48-45)42-30-34(31-43(49-42)41-23-12-13-24-44(41)51)33-17-16-20-37(27-33)47(4,5)36-18-8-6-9-19-36;/h6-28,30-32,51H,1-5H3;/q-1;. The number of hydrogen-bond donors (Lipinski definition) is 1. The number of pyridine rings is 2. The van der Waals surface area contributed by atoms with Crippen molar-refractivity contribution in [1.82, 2.24) is 9.97 Å². The van der Waals surface area contributed by atoms with E-state index in [4.69, 9.17) is 9.97 Å². The summed E-state index contributed by atoms with van der Waals surface area (Å²) in [7, 11) is 0. The molecule has 0 atom stereocenters. The van der Waals surface area contributed by atoms with Gasteiger partial charge in [-0.05, 0) is 81.5 Å². The van der Waals surface area contributed by atoms with Gasteiger partial charge in [0, 0.05) is 43.9 Å².